The van der Waals surface area contributed by atoms with Gasteiger partial charge in [0, 0.05) is 23.9 Å². The first-order valence-corrected chi connectivity index (χ1v) is 8.68. The van der Waals surface area contributed by atoms with Gasteiger partial charge in [0.05, 0.1) is 11.3 Å². The molecule has 2 amide bonds. The maximum absolute atomic E-state index is 13.1. The molecule has 0 radical (unpaired) electrons. The minimum atomic E-state index is -4.58. The fourth-order valence-corrected chi connectivity index (χ4v) is 2.76. The maximum Gasteiger partial charge on any atom is 0.418 e. The quantitative estimate of drug-likeness (QED) is 0.654. The highest BCUT2D eigenvalue weighted by Crippen LogP contribution is 2.34. The van der Waals surface area contributed by atoms with Gasteiger partial charge in [-0.05, 0) is 48.5 Å². The first-order chi connectivity index (χ1) is 13.8. The molecule has 148 valence electrons. The van der Waals surface area contributed by atoms with Crippen molar-refractivity contribution < 1.29 is 22.8 Å². The van der Waals surface area contributed by atoms with Crippen molar-refractivity contribution in [3.05, 3.63) is 95.6 Å². The summed E-state index contributed by atoms with van der Waals surface area (Å²) in [4.78, 5) is 26.4. The lowest BCUT2D eigenvalue weighted by molar-refractivity contribution is -0.136. The van der Waals surface area contributed by atoms with Crippen LogP contribution < -0.4 is 10.2 Å². The van der Waals surface area contributed by atoms with Crippen LogP contribution in [0.25, 0.3) is 0 Å². The van der Waals surface area contributed by atoms with Gasteiger partial charge in [-0.2, -0.15) is 13.2 Å². The number of halogens is 3. The molecule has 0 fully saturated rings. The molecule has 0 aliphatic carbocycles. The second kappa shape index (κ2) is 8.18. The molecule has 0 unspecified atom stereocenters. The Balaban J connectivity index is 1.75. The Kier molecular flexibility index (Phi) is 5.68. The molecule has 0 saturated heterocycles. The monoisotopic (exact) mass is 398 g/mol. The molecule has 0 atom stereocenters. The Morgan fingerprint density at radius 3 is 1.97 bits per heavy atom. The zero-order chi connectivity index (χ0) is 21.0. The average Bonchev–Trinajstić information content (AvgIpc) is 2.73. The van der Waals surface area contributed by atoms with Gasteiger partial charge in [0.25, 0.3) is 11.8 Å². The van der Waals surface area contributed by atoms with Crippen molar-refractivity contribution in [3.8, 4) is 0 Å². The Morgan fingerprint density at radius 1 is 0.793 bits per heavy atom. The standard InChI is InChI=1S/C22H17F3N2O2/c1-27(17-7-3-2-4-8-17)21(29)16-13-11-15(12-14-16)20(28)26-19-10-6-5-9-18(19)22(23,24)25/h2-14H,1H3,(H,26,28). The van der Waals surface area contributed by atoms with E-state index in [2.05, 4.69) is 5.32 Å². The number of carbonyl (C=O) groups is 2. The summed E-state index contributed by atoms with van der Waals surface area (Å²) < 4.78 is 39.2. The highest BCUT2D eigenvalue weighted by molar-refractivity contribution is 6.08. The van der Waals surface area contributed by atoms with E-state index in [4.69, 9.17) is 0 Å². The topological polar surface area (TPSA) is 49.4 Å². The maximum atomic E-state index is 13.1. The number of rotatable bonds is 4. The van der Waals surface area contributed by atoms with Crippen LogP contribution in [0.15, 0.2) is 78.9 Å². The number of carbonyl (C=O) groups excluding carboxylic acids is 2. The van der Waals surface area contributed by atoms with Crippen molar-refractivity contribution in [1.82, 2.24) is 0 Å². The van der Waals surface area contributed by atoms with Gasteiger partial charge < -0.3 is 10.2 Å². The van der Waals surface area contributed by atoms with Crippen LogP contribution in [0.3, 0.4) is 0 Å². The molecule has 3 rings (SSSR count). The zero-order valence-corrected chi connectivity index (χ0v) is 15.4. The molecule has 0 bridgehead atoms. The molecule has 4 nitrogen and oxygen atoms in total. The minimum Gasteiger partial charge on any atom is -0.321 e. The molecule has 0 spiro atoms. The first-order valence-electron chi connectivity index (χ1n) is 8.68. The van der Waals surface area contributed by atoms with E-state index in [1.54, 1.807) is 19.2 Å². The summed E-state index contributed by atoms with van der Waals surface area (Å²) in [7, 11) is 1.63. The van der Waals surface area contributed by atoms with Crippen LogP contribution in [0.5, 0.6) is 0 Å². The number of nitrogens with one attached hydrogen (secondary N) is 1. The number of benzene rings is 3. The SMILES string of the molecule is CN(C(=O)c1ccc(C(=O)Nc2ccccc2C(F)(F)F)cc1)c1ccccc1. The van der Waals surface area contributed by atoms with Gasteiger partial charge in [0.1, 0.15) is 0 Å². The summed E-state index contributed by atoms with van der Waals surface area (Å²) in [5.74, 6) is -0.970. The fraction of sp³-hybridized carbons (Fsp3) is 0.0909. The molecule has 0 saturated carbocycles. The summed E-state index contributed by atoms with van der Waals surface area (Å²) in [5.41, 5.74) is -0.0499. The molecule has 0 aromatic heterocycles. The van der Waals surface area contributed by atoms with Crippen molar-refractivity contribution >= 4 is 23.2 Å². The smallest absolute Gasteiger partial charge is 0.321 e. The van der Waals surface area contributed by atoms with Gasteiger partial charge >= 0.3 is 6.18 Å². The van der Waals surface area contributed by atoms with E-state index >= 15 is 0 Å². The molecule has 29 heavy (non-hydrogen) atoms. The van der Waals surface area contributed by atoms with E-state index in [1.807, 2.05) is 18.2 Å². The summed E-state index contributed by atoms with van der Waals surface area (Å²) in [5, 5.41) is 2.28. The molecule has 7 heteroatoms. The molecular formula is C22H17F3N2O2. The lowest BCUT2D eigenvalue weighted by Gasteiger charge is -2.17. The zero-order valence-electron chi connectivity index (χ0n) is 15.4. The van der Waals surface area contributed by atoms with Gasteiger partial charge in [-0.1, -0.05) is 30.3 Å². The van der Waals surface area contributed by atoms with Crippen LogP contribution in [-0.2, 0) is 6.18 Å². The minimum absolute atomic E-state index is 0.140. The second-order valence-corrected chi connectivity index (χ2v) is 6.27. The van der Waals surface area contributed by atoms with Crippen LogP contribution in [-0.4, -0.2) is 18.9 Å². The second-order valence-electron chi connectivity index (χ2n) is 6.27. The Hall–Kier alpha value is -3.61. The van der Waals surface area contributed by atoms with Crippen LogP contribution >= 0.6 is 0 Å². The van der Waals surface area contributed by atoms with E-state index in [0.29, 0.717) is 11.3 Å². The van der Waals surface area contributed by atoms with E-state index in [-0.39, 0.29) is 17.2 Å². The summed E-state index contributed by atoms with van der Waals surface area (Å²) in [6.45, 7) is 0. The van der Waals surface area contributed by atoms with E-state index in [1.165, 1.54) is 47.4 Å². The van der Waals surface area contributed by atoms with E-state index in [9.17, 15) is 22.8 Å². The molecule has 0 heterocycles. The molecule has 1 N–H and O–H groups in total. The van der Waals surface area contributed by atoms with Crippen LogP contribution in [0.2, 0.25) is 0 Å². The number of hydrogen-bond acceptors (Lipinski definition) is 2. The summed E-state index contributed by atoms with van der Waals surface area (Å²) >= 11 is 0. The van der Waals surface area contributed by atoms with Crippen molar-refractivity contribution in [2.24, 2.45) is 0 Å². The normalized spacial score (nSPS) is 11.0. The number of hydrogen-bond donors (Lipinski definition) is 1. The molecule has 0 aliphatic heterocycles. The summed E-state index contributed by atoms with van der Waals surface area (Å²) in [6, 6.07) is 19.5. The first kappa shape index (κ1) is 20.1. The third kappa shape index (κ3) is 4.63. The van der Waals surface area contributed by atoms with Crippen molar-refractivity contribution in [3.63, 3.8) is 0 Å². The highest BCUT2D eigenvalue weighted by Gasteiger charge is 2.33. The van der Waals surface area contributed by atoms with Crippen LogP contribution in [0.1, 0.15) is 26.3 Å². The van der Waals surface area contributed by atoms with Gasteiger partial charge in [-0.25, -0.2) is 0 Å². The number of amides is 2. The predicted octanol–water partition coefficient (Wildman–Crippen LogP) is 5.23. The van der Waals surface area contributed by atoms with Gasteiger partial charge in [-0.15, -0.1) is 0 Å². The van der Waals surface area contributed by atoms with Gasteiger partial charge in [0.2, 0.25) is 0 Å². The third-order valence-electron chi connectivity index (χ3n) is 4.32. The lowest BCUT2D eigenvalue weighted by atomic mass is 10.1. The summed E-state index contributed by atoms with van der Waals surface area (Å²) in [6.07, 6.45) is -4.58. The van der Waals surface area contributed by atoms with Crippen molar-refractivity contribution in [1.29, 1.82) is 0 Å². The number of para-hydroxylation sites is 2. The molecule has 0 aliphatic rings. The van der Waals surface area contributed by atoms with E-state index in [0.717, 1.165) is 6.07 Å². The Bertz CT molecular complexity index is 1020. The van der Waals surface area contributed by atoms with Crippen LogP contribution in [0.4, 0.5) is 24.5 Å². The largest absolute Gasteiger partial charge is 0.418 e. The van der Waals surface area contributed by atoms with Gasteiger partial charge in [0.15, 0.2) is 0 Å². The van der Waals surface area contributed by atoms with Gasteiger partial charge in [-0.3, -0.25) is 9.59 Å². The Labute approximate surface area is 165 Å². The number of nitrogens with zero attached hydrogens (tertiary/aromatic N) is 1. The van der Waals surface area contributed by atoms with E-state index < -0.39 is 17.6 Å². The molecule has 3 aromatic carbocycles. The fourth-order valence-electron chi connectivity index (χ4n) is 2.76. The lowest BCUT2D eigenvalue weighted by Crippen LogP contribution is -2.26. The number of alkyl halides is 3. The van der Waals surface area contributed by atoms with Crippen LogP contribution in [0, 0.1) is 0 Å². The highest BCUT2D eigenvalue weighted by atomic mass is 19.4. The third-order valence-corrected chi connectivity index (χ3v) is 4.32. The number of anilines is 2. The Morgan fingerprint density at radius 2 is 1.34 bits per heavy atom. The predicted molar refractivity (Wildman–Crippen MR) is 105 cm³/mol. The van der Waals surface area contributed by atoms with Crippen molar-refractivity contribution in [2.75, 3.05) is 17.3 Å². The molecule has 3 aromatic rings. The molecular weight excluding hydrogens is 381 g/mol. The van der Waals surface area contributed by atoms with Crippen molar-refractivity contribution in [2.45, 2.75) is 6.18 Å². The average molecular weight is 398 g/mol.